The number of hydrogen-bond acceptors (Lipinski definition) is 3. The Morgan fingerprint density at radius 3 is 2.73 bits per heavy atom. The van der Waals surface area contributed by atoms with Gasteiger partial charge in [-0.3, -0.25) is 9.89 Å². The molecule has 1 atom stereocenters. The lowest BCUT2D eigenvalue weighted by molar-refractivity contribution is 0.0955. The topological polar surface area (TPSA) is 70.9 Å². The van der Waals surface area contributed by atoms with E-state index in [4.69, 9.17) is 4.42 Å². The molecule has 4 rings (SSSR count). The average molecular weight is 293 g/mol. The zero-order valence-electron chi connectivity index (χ0n) is 12.1. The summed E-state index contributed by atoms with van der Waals surface area (Å²) in [6.07, 6.45) is 2.60. The second-order valence-electron chi connectivity index (χ2n) is 5.34. The van der Waals surface area contributed by atoms with Crippen molar-refractivity contribution in [3.63, 3.8) is 0 Å². The van der Waals surface area contributed by atoms with E-state index in [-0.39, 0.29) is 11.9 Å². The number of H-pyrrole nitrogens is 1. The highest BCUT2D eigenvalue weighted by atomic mass is 16.3. The van der Waals surface area contributed by atoms with Gasteiger partial charge in [0.15, 0.2) is 11.5 Å². The van der Waals surface area contributed by atoms with E-state index in [2.05, 4.69) is 46.7 Å². The number of nitrogens with zero attached hydrogens (tertiary/aromatic N) is 1. The fourth-order valence-corrected chi connectivity index (χ4v) is 2.88. The number of furan rings is 1. The predicted octanol–water partition coefficient (Wildman–Crippen LogP) is 3.06. The first-order chi connectivity index (χ1) is 10.8. The van der Waals surface area contributed by atoms with Crippen LogP contribution in [0.15, 0.2) is 47.1 Å². The van der Waals surface area contributed by atoms with Gasteiger partial charge in [0, 0.05) is 5.56 Å². The highest BCUT2D eigenvalue weighted by Gasteiger charge is 2.36. The lowest BCUT2D eigenvalue weighted by Crippen LogP contribution is -2.21. The molecular weight excluding hydrogens is 278 g/mol. The number of fused-ring (bicyclic) bond motifs is 1. The number of carbonyl (C=O) groups excluding carboxylic acids is 1. The lowest BCUT2D eigenvalue weighted by atomic mass is 9.97. The van der Waals surface area contributed by atoms with Gasteiger partial charge in [0.1, 0.15) is 5.69 Å². The minimum absolute atomic E-state index is 0.159. The van der Waals surface area contributed by atoms with Crippen molar-refractivity contribution < 1.29 is 9.21 Å². The van der Waals surface area contributed by atoms with Crippen LogP contribution in [0.3, 0.4) is 0 Å². The highest BCUT2D eigenvalue weighted by Crippen LogP contribution is 2.37. The van der Waals surface area contributed by atoms with Gasteiger partial charge in [-0.2, -0.15) is 5.10 Å². The molecule has 2 N–H and O–H groups in total. The summed E-state index contributed by atoms with van der Waals surface area (Å²) >= 11 is 0. The van der Waals surface area contributed by atoms with E-state index >= 15 is 0 Å². The molecule has 0 aliphatic carbocycles. The third-order valence-corrected chi connectivity index (χ3v) is 4.07. The van der Waals surface area contributed by atoms with Crippen molar-refractivity contribution in [3.05, 3.63) is 65.0 Å². The summed E-state index contributed by atoms with van der Waals surface area (Å²) < 4.78 is 5.45. The molecule has 0 bridgehead atoms. The maximum Gasteiger partial charge on any atom is 0.272 e. The van der Waals surface area contributed by atoms with Gasteiger partial charge in [0.2, 0.25) is 0 Å². The Kier molecular flexibility index (Phi) is 2.85. The molecule has 1 aromatic carbocycles. The summed E-state index contributed by atoms with van der Waals surface area (Å²) in [5.74, 6) is 0.522. The van der Waals surface area contributed by atoms with Gasteiger partial charge in [-0.25, -0.2) is 0 Å². The standard InChI is InChI=1S/C17H15N3O2/c1-2-10-5-7-11(8-6-10)14-13-15(12-4-3-9-22-12)19-20-16(13)17(21)18-14/h3-9,14H,2H2,1H3,(H,18,21)(H,19,20). The van der Waals surface area contributed by atoms with Crippen LogP contribution in [0.4, 0.5) is 0 Å². The first-order valence-electron chi connectivity index (χ1n) is 7.29. The molecular formula is C17H15N3O2. The smallest absolute Gasteiger partial charge is 0.272 e. The van der Waals surface area contributed by atoms with Crippen LogP contribution in [-0.2, 0) is 6.42 Å². The van der Waals surface area contributed by atoms with Gasteiger partial charge >= 0.3 is 0 Å². The number of nitrogens with one attached hydrogen (secondary N) is 2. The summed E-state index contributed by atoms with van der Waals surface area (Å²) in [6.45, 7) is 2.12. The maximum atomic E-state index is 12.1. The fraction of sp³-hybridized carbons (Fsp3) is 0.176. The second-order valence-corrected chi connectivity index (χ2v) is 5.34. The van der Waals surface area contributed by atoms with Crippen molar-refractivity contribution in [2.45, 2.75) is 19.4 Å². The Hall–Kier alpha value is -2.82. The number of amides is 1. The Labute approximate surface area is 127 Å². The summed E-state index contributed by atoms with van der Waals surface area (Å²) in [5.41, 5.74) is 4.35. The normalized spacial score (nSPS) is 16.6. The molecule has 0 radical (unpaired) electrons. The molecule has 2 aromatic heterocycles. The molecule has 3 heterocycles. The van der Waals surface area contributed by atoms with Crippen LogP contribution < -0.4 is 5.32 Å². The predicted molar refractivity (Wildman–Crippen MR) is 81.4 cm³/mol. The zero-order valence-corrected chi connectivity index (χ0v) is 12.1. The molecule has 22 heavy (non-hydrogen) atoms. The van der Waals surface area contributed by atoms with Gasteiger partial charge in [-0.1, -0.05) is 31.2 Å². The van der Waals surface area contributed by atoms with Crippen LogP contribution in [0.2, 0.25) is 0 Å². The molecule has 5 heteroatoms. The summed E-state index contributed by atoms with van der Waals surface area (Å²) in [4.78, 5) is 12.1. The van der Waals surface area contributed by atoms with E-state index in [1.165, 1.54) is 5.56 Å². The highest BCUT2D eigenvalue weighted by molar-refractivity contribution is 5.99. The van der Waals surface area contributed by atoms with Crippen LogP contribution in [0.1, 0.15) is 40.1 Å². The van der Waals surface area contributed by atoms with Crippen molar-refractivity contribution in [1.82, 2.24) is 15.5 Å². The van der Waals surface area contributed by atoms with Gasteiger partial charge in [0.25, 0.3) is 5.91 Å². The van der Waals surface area contributed by atoms with E-state index in [1.54, 1.807) is 6.26 Å². The Morgan fingerprint density at radius 1 is 1.23 bits per heavy atom. The first kappa shape index (κ1) is 12.9. The Balaban J connectivity index is 1.81. The second kappa shape index (κ2) is 4.87. The third kappa shape index (κ3) is 1.86. The van der Waals surface area contributed by atoms with Gasteiger partial charge in [-0.05, 0) is 29.7 Å². The van der Waals surface area contributed by atoms with Crippen molar-refractivity contribution in [3.8, 4) is 11.5 Å². The monoisotopic (exact) mass is 293 g/mol. The number of aromatic amines is 1. The molecule has 110 valence electrons. The Bertz CT molecular complexity index is 816. The molecule has 0 fully saturated rings. The first-order valence-corrected chi connectivity index (χ1v) is 7.29. The SMILES string of the molecule is CCc1ccc(C2NC(=O)c3n[nH]c(-c4ccco4)c32)cc1. The molecule has 5 nitrogen and oxygen atoms in total. The van der Waals surface area contributed by atoms with Crippen molar-refractivity contribution in [1.29, 1.82) is 0 Å². The van der Waals surface area contributed by atoms with Crippen molar-refractivity contribution in [2.75, 3.05) is 0 Å². The molecule has 0 spiro atoms. The maximum absolute atomic E-state index is 12.1. The molecule has 1 unspecified atom stereocenters. The minimum atomic E-state index is -0.202. The number of carbonyl (C=O) groups is 1. The minimum Gasteiger partial charge on any atom is -0.463 e. The van der Waals surface area contributed by atoms with E-state index < -0.39 is 0 Å². The fourth-order valence-electron chi connectivity index (χ4n) is 2.88. The number of aryl methyl sites for hydroxylation is 1. The number of aromatic nitrogens is 2. The number of hydrogen-bond donors (Lipinski definition) is 2. The third-order valence-electron chi connectivity index (χ3n) is 4.07. The summed E-state index contributed by atoms with van der Waals surface area (Å²) in [5, 5.41) is 10.1. The van der Waals surface area contributed by atoms with Gasteiger partial charge in [-0.15, -0.1) is 0 Å². The van der Waals surface area contributed by atoms with Crippen molar-refractivity contribution in [2.24, 2.45) is 0 Å². The van der Waals surface area contributed by atoms with Gasteiger partial charge < -0.3 is 9.73 Å². The van der Waals surface area contributed by atoms with Crippen LogP contribution in [0.25, 0.3) is 11.5 Å². The van der Waals surface area contributed by atoms with Crippen molar-refractivity contribution >= 4 is 5.91 Å². The largest absolute Gasteiger partial charge is 0.463 e. The van der Waals surface area contributed by atoms with Crippen LogP contribution in [0.5, 0.6) is 0 Å². The summed E-state index contributed by atoms with van der Waals surface area (Å²) in [6, 6.07) is 11.8. The van der Waals surface area contributed by atoms with E-state index in [9.17, 15) is 4.79 Å². The van der Waals surface area contributed by atoms with Crippen LogP contribution in [0, 0.1) is 0 Å². The lowest BCUT2D eigenvalue weighted by Gasteiger charge is -2.13. The molecule has 0 saturated carbocycles. The van der Waals surface area contributed by atoms with E-state index in [1.807, 2.05) is 12.1 Å². The molecule has 3 aromatic rings. The zero-order chi connectivity index (χ0) is 15.1. The Morgan fingerprint density at radius 2 is 2.05 bits per heavy atom. The number of benzene rings is 1. The number of rotatable bonds is 3. The van der Waals surface area contributed by atoms with E-state index in [0.717, 1.165) is 23.2 Å². The van der Waals surface area contributed by atoms with E-state index in [0.29, 0.717) is 11.5 Å². The summed E-state index contributed by atoms with van der Waals surface area (Å²) in [7, 11) is 0. The molecule has 0 saturated heterocycles. The van der Waals surface area contributed by atoms with Crippen LogP contribution in [-0.4, -0.2) is 16.1 Å². The molecule has 1 aliphatic rings. The molecule has 1 amide bonds. The quantitative estimate of drug-likeness (QED) is 0.779. The average Bonchev–Trinajstić information content (AvgIpc) is 3.25. The molecule has 1 aliphatic heterocycles. The van der Waals surface area contributed by atoms with Crippen LogP contribution >= 0.6 is 0 Å². The van der Waals surface area contributed by atoms with Gasteiger partial charge in [0.05, 0.1) is 12.3 Å².